The van der Waals surface area contributed by atoms with E-state index in [0.29, 0.717) is 57.1 Å². The predicted octanol–water partition coefficient (Wildman–Crippen LogP) is 5.53. The third-order valence-electron chi connectivity index (χ3n) is 8.98. The molecule has 0 spiro atoms. The van der Waals surface area contributed by atoms with E-state index in [9.17, 15) is 18.4 Å². The second-order valence-corrected chi connectivity index (χ2v) is 12.0. The van der Waals surface area contributed by atoms with E-state index in [1.165, 1.54) is 18.6 Å². The molecule has 2 heterocycles. The van der Waals surface area contributed by atoms with Gasteiger partial charge in [0.05, 0.1) is 17.9 Å². The van der Waals surface area contributed by atoms with Crippen molar-refractivity contribution in [1.29, 1.82) is 0 Å². The van der Waals surface area contributed by atoms with Crippen molar-refractivity contribution in [2.24, 2.45) is 17.3 Å². The fraction of sp³-hybridized carbons (Fsp3) is 0.724. The molecule has 5 nitrogen and oxygen atoms in total. The van der Waals surface area contributed by atoms with Gasteiger partial charge in [0.15, 0.2) is 0 Å². The Morgan fingerprint density at radius 2 is 1.72 bits per heavy atom. The highest BCUT2D eigenvalue weighted by atomic mass is 19.1. The highest BCUT2D eigenvalue weighted by Crippen LogP contribution is 2.47. The molecule has 2 atom stereocenters. The summed E-state index contributed by atoms with van der Waals surface area (Å²) in [6, 6.07) is 3.68. The fourth-order valence-corrected chi connectivity index (χ4v) is 6.79. The molecule has 1 aromatic rings. The van der Waals surface area contributed by atoms with Gasteiger partial charge in [0.2, 0.25) is 5.91 Å². The first-order chi connectivity index (χ1) is 17.1. The molecule has 1 saturated carbocycles. The number of piperidine rings is 1. The average molecular weight is 505 g/mol. The van der Waals surface area contributed by atoms with Crippen molar-refractivity contribution in [3.63, 3.8) is 0 Å². The lowest BCUT2D eigenvalue weighted by Crippen LogP contribution is -2.52. The van der Waals surface area contributed by atoms with E-state index in [1.807, 2.05) is 11.8 Å². The number of hydrogen-bond acceptors (Lipinski definition) is 4. The van der Waals surface area contributed by atoms with E-state index in [-0.39, 0.29) is 23.3 Å². The molecule has 200 valence electrons. The van der Waals surface area contributed by atoms with Crippen LogP contribution in [0.2, 0.25) is 0 Å². The van der Waals surface area contributed by atoms with Crippen LogP contribution in [0.15, 0.2) is 18.2 Å². The predicted molar refractivity (Wildman–Crippen MR) is 135 cm³/mol. The van der Waals surface area contributed by atoms with E-state index in [0.717, 1.165) is 31.7 Å². The van der Waals surface area contributed by atoms with Gasteiger partial charge in [-0.25, -0.2) is 8.78 Å². The van der Waals surface area contributed by atoms with Crippen LogP contribution in [0.3, 0.4) is 0 Å². The van der Waals surface area contributed by atoms with Gasteiger partial charge in [0.1, 0.15) is 11.6 Å². The number of rotatable bonds is 5. The number of carbonyl (C=O) groups excluding carboxylic acids is 2. The molecule has 1 aromatic carbocycles. The normalized spacial score (nSPS) is 25.7. The van der Waals surface area contributed by atoms with Gasteiger partial charge in [-0.1, -0.05) is 25.3 Å². The summed E-state index contributed by atoms with van der Waals surface area (Å²) in [7, 11) is 0. The number of amides is 1. The SMILES string of the molecule is CCOC(=O)C1(C2CCCCC2)CCN(C(=O)C2CN(C(C)(C)C)CC2c2ccc(F)cc2F)CC1. The lowest BCUT2D eigenvalue weighted by molar-refractivity contribution is -0.166. The Bertz CT molecular complexity index is 946. The first-order valence-corrected chi connectivity index (χ1v) is 13.7. The van der Waals surface area contributed by atoms with Gasteiger partial charge in [-0.3, -0.25) is 14.5 Å². The molecule has 1 amide bonds. The molecule has 2 unspecified atom stereocenters. The summed E-state index contributed by atoms with van der Waals surface area (Å²) in [5.74, 6) is -1.73. The number of nitrogens with zero attached hydrogens (tertiary/aromatic N) is 2. The van der Waals surface area contributed by atoms with Crippen LogP contribution in [-0.2, 0) is 14.3 Å². The summed E-state index contributed by atoms with van der Waals surface area (Å²) >= 11 is 0. The lowest BCUT2D eigenvalue weighted by atomic mass is 9.63. The minimum Gasteiger partial charge on any atom is -0.466 e. The van der Waals surface area contributed by atoms with Crippen LogP contribution in [0.25, 0.3) is 0 Å². The first kappa shape index (κ1) is 27.0. The van der Waals surface area contributed by atoms with Gasteiger partial charge in [0.25, 0.3) is 0 Å². The Morgan fingerprint density at radius 3 is 2.31 bits per heavy atom. The Hall–Kier alpha value is -2.02. The maximum atomic E-state index is 14.8. The second kappa shape index (κ2) is 10.8. The highest BCUT2D eigenvalue weighted by Gasteiger charge is 2.51. The molecule has 0 aromatic heterocycles. The number of hydrogen-bond donors (Lipinski definition) is 0. The number of ether oxygens (including phenoxy) is 1. The minimum absolute atomic E-state index is 0.0107. The molecule has 3 fully saturated rings. The maximum absolute atomic E-state index is 14.8. The molecule has 7 heteroatoms. The van der Waals surface area contributed by atoms with Crippen LogP contribution in [0.4, 0.5) is 8.78 Å². The number of carbonyl (C=O) groups is 2. The lowest BCUT2D eigenvalue weighted by Gasteiger charge is -2.46. The number of likely N-dealkylation sites (tertiary alicyclic amines) is 2. The zero-order valence-corrected chi connectivity index (χ0v) is 22.3. The quantitative estimate of drug-likeness (QED) is 0.495. The van der Waals surface area contributed by atoms with Crippen LogP contribution in [-0.4, -0.2) is 60.0 Å². The minimum atomic E-state index is -0.612. The molecule has 0 N–H and O–H groups in total. The molecular formula is C29H42F2N2O3. The van der Waals surface area contributed by atoms with Crippen LogP contribution < -0.4 is 0 Å². The topological polar surface area (TPSA) is 49.9 Å². The Morgan fingerprint density at radius 1 is 1.06 bits per heavy atom. The van der Waals surface area contributed by atoms with Crippen LogP contribution in [0.5, 0.6) is 0 Å². The largest absolute Gasteiger partial charge is 0.466 e. The summed E-state index contributed by atoms with van der Waals surface area (Å²) < 4.78 is 34.0. The maximum Gasteiger partial charge on any atom is 0.312 e. The van der Waals surface area contributed by atoms with Crippen molar-refractivity contribution in [3.8, 4) is 0 Å². The Kier molecular flexibility index (Phi) is 8.08. The molecule has 0 radical (unpaired) electrons. The summed E-state index contributed by atoms with van der Waals surface area (Å²) in [6.45, 7) is 10.6. The van der Waals surface area contributed by atoms with Crippen molar-refractivity contribution in [2.45, 2.75) is 84.1 Å². The van der Waals surface area contributed by atoms with Gasteiger partial charge in [-0.2, -0.15) is 0 Å². The molecule has 1 aliphatic carbocycles. The van der Waals surface area contributed by atoms with Crippen LogP contribution in [0.1, 0.15) is 84.1 Å². The smallest absolute Gasteiger partial charge is 0.312 e. The second-order valence-electron chi connectivity index (χ2n) is 12.0. The molecule has 2 aliphatic heterocycles. The Labute approximate surface area is 214 Å². The van der Waals surface area contributed by atoms with Crippen molar-refractivity contribution < 1.29 is 23.1 Å². The number of halogens is 2. The van der Waals surface area contributed by atoms with Crippen molar-refractivity contribution >= 4 is 11.9 Å². The van der Waals surface area contributed by atoms with Crippen LogP contribution >= 0.6 is 0 Å². The first-order valence-electron chi connectivity index (χ1n) is 13.7. The summed E-state index contributed by atoms with van der Waals surface area (Å²) in [6.07, 6.45) is 6.83. The fourth-order valence-electron chi connectivity index (χ4n) is 6.79. The summed E-state index contributed by atoms with van der Waals surface area (Å²) in [5, 5.41) is 0. The monoisotopic (exact) mass is 504 g/mol. The molecular weight excluding hydrogens is 462 g/mol. The third kappa shape index (κ3) is 5.32. The highest BCUT2D eigenvalue weighted by molar-refractivity contribution is 5.82. The average Bonchev–Trinajstić information content (AvgIpc) is 3.30. The zero-order chi connectivity index (χ0) is 26.1. The van der Waals surface area contributed by atoms with Crippen molar-refractivity contribution in [1.82, 2.24) is 9.80 Å². The molecule has 4 rings (SSSR count). The van der Waals surface area contributed by atoms with E-state index >= 15 is 0 Å². The van der Waals surface area contributed by atoms with Crippen molar-refractivity contribution in [3.05, 3.63) is 35.4 Å². The van der Waals surface area contributed by atoms with E-state index in [4.69, 9.17) is 4.74 Å². The van der Waals surface area contributed by atoms with E-state index in [2.05, 4.69) is 25.7 Å². The van der Waals surface area contributed by atoms with Gasteiger partial charge < -0.3 is 9.64 Å². The zero-order valence-electron chi connectivity index (χ0n) is 22.3. The van der Waals surface area contributed by atoms with E-state index < -0.39 is 23.0 Å². The van der Waals surface area contributed by atoms with Gasteiger partial charge >= 0.3 is 5.97 Å². The van der Waals surface area contributed by atoms with Crippen molar-refractivity contribution in [2.75, 3.05) is 32.8 Å². The standard InChI is InChI=1S/C29H42F2N2O3/c1-5-36-27(35)29(20-9-7-6-8-10-20)13-15-32(16-14-29)26(34)24-19-33(28(2,3)4)18-23(24)22-12-11-21(30)17-25(22)31/h11-12,17,20,23-24H,5-10,13-16,18-19H2,1-4H3. The Balaban J connectivity index is 1.54. The van der Waals surface area contributed by atoms with Gasteiger partial charge in [-0.15, -0.1) is 0 Å². The summed E-state index contributed by atoms with van der Waals surface area (Å²) in [4.78, 5) is 31.2. The van der Waals surface area contributed by atoms with Gasteiger partial charge in [0, 0.05) is 43.7 Å². The van der Waals surface area contributed by atoms with E-state index in [1.54, 1.807) is 0 Å². The molecule has 2 saturated heterocycles. The number of esters is 1. The van der Waals surface area contributed by atoms with Crippen LogP contribution in [0, 0.1) is 28.9 Å². The molecule has 36 heavy (non-hydrogen) atoms. The number of benzene rings is 1. The molecule has 0 bridgehead atoms. The third-order valence-corrected chi connectivity index (χ3v) is 8.98. The molecule has 3 aliphatic rings. The van der Waals surface area contributed by atoms with Gasteiger partial charge in [-0.05, 0) is 70.9 Å². The summed E-state index contributed by atoms with van der Waals surface area (Å²) in [5.41, 5.74) is -0.282.